The minimum absolute atomic E-state index is 0.0734. The van der Waals surface area contributed by atoms with Gasteiger partial charge in [-0.15, -0.1) is 0 Å². The molecular weight excluding hydrogens is 234 g/mol. The lowest BCUT2D eigenvalue weighted by molar-refractivity contribution is -0.122. The van der Waals surface area contributed by atoms with Gasteiger partial charge in [-0.2, -0.15) is 5.10 Å². The second-order valence-electron chi connectivity index (χ2n) is 4.39. The number of hydrogen-bond donors (Lipinski definition) is 3. The van der Waals surface area contributed by atoms with E-state index in [1.165, 1.54) is 10.9 Å². The van der Waals surface area contributed by atoms with Crippen LogP contribution >= 0.6 is 0 Å². The second-order valence-corrected chi connectivity index (χ2v) is 4.39. The van der Waals surface area contributed by atoms with Crippen LogP contribution < -0.4 is 16.4 Å². The molecule has 7 heteroatoms. The molecule has 1 aromatic rings. The van der Waals surface area contributed by atoms with E-state index >= 15 is 0 Å². The number of rotatable bonds is 5. The fraction of sp³-hybridized carbons (Fsp3) is 0.545. The van der Waals surface area contributed by atoms with Crippen LogP contribution in [0.1, 0.15) is 23.3 Å². The van der Waals surface area contributed by atoms with Crippen molar-refractivity contribution in [1.82, 2.24) is 20.4 Å². The SMILES string of the molecule is Cn1ncc(N)c1C(=O)NCCNC(=O)C1CC1. The van der Waals surface area contributed by atoms with Crippen molar-refractivity contribution in [3.8, 4) is 0 Å². The molecule has 7 nitrogen and oxygen atoms in total. The molecule has 1 fully saturated rings. The third kappa shape index (κ3) is 2.79. The first-order valence-electron chi connectivity index (χ1n) is 5.93. The minimum atomic E-state index is -0.284. The number of aromatic nitrogens is 2. The molecule has 0 bridgehead atoms. The van der Waals surface area contributed by atoms with E-state index < -0.39 is 0 Å². The van der Waals surface area contributed by atoms with Gasteiger partial charge in [-0.3, -0.25) is 14.3 Å². The highest BCUT2D eigenvalue weighted by molar-refractivity contribution is 5.97. The van der Waals surface area contributed by atoms with Crippen LogP contribution in [0.25, 0.3) is 0 Å². The lowest BCUT2D eigenvalue weighted by Crippen LogP contribution is -2.36. The summed E-state index contributed by atoms with van der Waals surface area (Å²) >= 11 is 0. The highest BCUT2D eigenvalue weighted by Crippen LogP contribution is 2.28. The van der Waals surface area contributed by atoms with Gasteiger partial charge in [0.2, 0.25) is 5.91 Å². The Hall–Kier alpha value is -2.05. The Morgan fingerprint density at radius 3 is 2.67 bits per heavy atom. The normalized spacial score (nSPS) is 14.3. The van der Waals surface area contributed by atoms with Crippen molar-refractivity contribution in [1.29, 1.82) is 0 Å². The van der Waals surface area contributed by atoms with Crippen molar-refractivity contribution in [2.24, 2.45) is 13.0 Å². The van der Waals surface area contributed by atoms with E-state index in [0.29, 0.717) is 24.5 Å². The first-order chi connectivity index (χ1) is 8.59. The van der Waals surface area contributed by atoms with Crippen molar-refractivity contribution in [3.63, 3.8) is 0 Å². The molecule has 0 aliphatic heterocycles. The van der Waals surface area contributed by atoms with Crippen LogP contribution in [0.4, 0.5) is 5.69 Å². The quantitative estimate of drug-likeness (QED) is 0.600. The van der Waals surface area contributed by atoms with Gasteiger partial charge in [0.25, 0.3) is 5.91 Å². The summed E-state index contributed by atoms with van der Waals surface area (Å²) in [4.78, 5) is 23.1. The van der Waals surface area contributed by atoms with Crippen LogP contribution in [0.3, 0.4) is 0 Å². The first kappa shape index (κ1) is 12.4. The Labute approximate surface area is 105 Å². The fourth-order valence-corrected chi connectivity index (χ4v) is 1.67. The van der Waals surface area contributed by atoms with E-state index in [9.17, 15) is 9.59 Å². The van der Waals surface area contributed by atoms with Crippen LogP contribution in [0, 0.1) is 5.92 Å². The van der Waals surface area contributed by atoms with Crippen LogP contribution in [0.5, 0.6) is 0 Å². The zero-order chi connectivity index (χ0) is 13.1. The molecule has 0 saturated heterocycles. The molecule has 1 aliphatic rings. The molecule has 1 saturated carbocycles. The molecular formula is C11H17N5O2. The number of aryl methyl sites for hydroxylation is 1. The Bertz CT molecular complexity index is 444. The minimum Gasteiger partial charge on any atom is -0.396 e. The number of carbonyl (C=O) groups is 2. The van der Waals surface area contributed by atoms with E-state index in [4.69, 9.17) is 5.73 Å². The summed E-state index contributed by atoms with van der Waals surface area (Å²) in [5.41, 5.74) is 6.31. The molecule has 0 radical (unpaired) electrons. The number of nitrogens with one attached hydrogen (secondary N) is 2. The zero-order valence-electron chi connectivity index (χ0n) is 10.3. The predicted octanol–water partition coefficient (Wildman–Crippen LogP) is -0.742. The van der Waals surface area contributed by atoms with Crippen LogP contribution in [-0.2, 0) is 11.8 Å². The summed E-state index contributed by atoms with van der Waals surface area (Å²) in [5, 5.41) is 9.34. The molecule has 98 valence electrons. The van der Waals surface area contributed by atoms with Crippen molar-refractivity contribution in [3.05, 3.63) is 11.9 Å². The number of nitrogens with two attached hydrogens (primary N) is 1. The Balaban J connectivity index is 1.73. The lowest BCUT2D eigenvalue weighted by Gasteiger charge is -2.07. The van der Waals surface area contributed by atoms with Crippen molar-refractivity contribution in [2.45, 2.75) is 12.8 Å². The molecule has 4 N–H and O–H groups in total. The van der Waals surface area contributed by atoms with Gasteiger partial charge in [0.05, 0.1) is 11.9 Å². The lowest BCUT2D eigenvalue weighted by atomic mass is 10.3. The highest BCUT2D eigenvalue weighted by Gasteiger charge is 2.29. The molecule has 0 spiro atoms. The Kier molecular flexibility index (Phi) is 3.50. The number of carbonyl (C=O) groups excluding carboxylic acids is 2. The van der Waals surface area contributed by atoms with Gasteiger partial charge in [-0.1, -0.05) is 0 Å². The summed E-state index contributed by atoms with van der Waals surface area (Å²) in [7, 11) is 1.65. The molecule has 0 atom stereocenters. The van der Waals surface area contributed by atoms with E-state index in [2.05, 4.69) is 15.7 Å². The monoisotopic (exact) mass is 251 g/mol. The van der Waals surface area contributed by atoms with Gasteiger partial charge < -0.3 is 16.4 Å². The topological polar surface area (TPSA) is 102 Å². The largest absolute Gasteiger partial charge is 0.396 e. The van der Waals surface area contributed by atoms with E-state index in [0.717, 1.165) is 12.8 Å². The summed E-state index contributed by atoms with van der Waals surface area (Å²) in [5.74, 6) is -0.0223. The third-order valence-corrected chi connectivity index (χ3v) is 2.84. The maximum atomic E-state index is 11.8. The molecule has 0 unspecified atom stereocenters. The maximum absolute atomic E-state index is 11.8. The molecule has 1 aromatic heterocycles. The van der Waals surface area contributed by atoms with E-state index in [-0.39, 0.29) is 17.7 Å². The van der Waals surface area contributed by atoms with Crippen LogP contribution in [-0.4, -0.2) is 34.7 Å². The van der Waals surface area contributed by atoms with E-state index in [1.54, 1.807) is 7.05 Å². The third-order valence-electron chi connectivity index (χ3n) is 2.84. The van der Waals surface area contributed by atoms with Gasteiger partial charge in [-0.25, -0.2) is 0 Å². The predicted molar refractivity (Wildman–Crippen MR) is 65.7 cm³/mol. The molecule has 2 amide bonds. The fourth-order valence-electron chi connectivity index (χ4n) is 1.67. The summed E-state index contributed by atoms with van der Waals surface area (Å²) in [6.07, 6.45) is 3.39. The number of amides is 2. The second kappa shape index (κ2) is 5.07. The molecule has 18 heavy (non-hydrogen) atoms. The van der Waals surface area contributed by atoms with Crippen molar-refractivity contribution in [2.75, 3.05) is 18.8 Å². The summed E-state index contributed by atoms with van der Waals surface area (Å²) < 4.78 is 1.42. The van der Waals surface area contributed by atoms with Gasteiger partial charge in [-0.05, 0) is 12.8 Å². The van der Waals surface area contributed by atoms with Gasteiger partial charge in [0, 0.05) is 26.1 Å². The highest BCUT2D eigenvalue weighted by atomic mass is 16.2. The van der Waals surface area contributed by atoms with Gasteiger partial charge in [0.15, 0.2) is 0 Å². The van der Waals surface area contributed by atoms with Crippen LogP contribution in [0.15, 0.2) is 6.20 Å². The Morgan fingerprint density at radius 1 is 1.44 bits per heavy atom. The average Bonchev–Trinajstić information content (AvgIpc) is 3.11. The summed E-state index contributed by atoms with van der Waals surface area (Å²) in [6.45, 7) is 0.806. The molecule has 0 aromatic carbocycles. The Morgan fingerprint density at radius 2 is 2.11 bits per heavy atom. The summed E-state index contributed by atoms with van der Waals surface area (Å²) in [6, 6.07) is 0. The first-order valence-corrected chi connectivity index (χ1v) is 5.93. The van der Waals surface area contributed by atoms with Gasteiger partial charge >= 0.3 is 0 Å². The van der Waals surface area contributed by atoms with Crippen LogP contribution in [0.2, 0.25) is 0 Å². The van der Waals surface area contributed by atoms with Crippen molar-refractivity contribution < 1.29 is 9.59 Å². The van der Waals surface area contributed by atoms with Crippen molar-refractivity contribution >= 4 is 17.5 Å². The number of nitrogen functional groups attached to an aromatic ring is 1. The maximum Gasteiger partial charge on any atom is 0.271 e. The number of anilines is 1. The molecule has 2 rings (SSSR count). The molecule has 1 aliphatic carbocycles. The standard InChI is InChI=1S/C11H17N5O2/c1-16-9(8(12)6-15-16)11(18)14-5-4-13-10(17)7-2-3-7/h6-7H,2-5,12H2,1H3,(H,13,17)(H,14,18). The smallest absolute Gasteiger partial charge is 0.271 e. The van der Waals surface area contributed by atoms with E-state index in [1.807, 2.05) is 0 Å². The average molecular weight is 251 g/mol. The number of hydrogen-bond acceptors (Lipinski definition) is 4. The zero-order valence-corrected chi connectivity index (χ0v) is 10.3. The number of nitrogens with zero attached hydrogens (tertiary/aromatic N) is 2. The van der Waals surface area contributed by atoms with Gasteiger partial charge in [0.1, 0.15) is 5.69 Å². The molecule has 1 heterocycles.